The van der Waals surface area contributed by atoms with Crippen molar-refractivity contribution in [2.45, 2.75) is 13.8 Å². The van der Waals surface area contributed by atoms with E-state index in [-0.39, 0.29) is 7.43 Å². The minimum Gasteiger partial charge on any atom is -0.497 e. The number of methoxy groups -OCH3 is 1. The molecule has 0 unspecified atom stereocenters. The van der Waals surface area contributed by atoms with E-state index in [1.807, 2.05) is 12.1 Å². The fraction of sp³-hybridized carbons (Fsp3) is 0.333. The fourth-order valence-corrected chi connectivity index (χ4v) is 3.72. The van der Waals surface area contributed by atoms with Crippen molar-refractivity contribution in [1.29, 1.82) is 5.26 Å². The molecule has 5 nitrogen and oxygen atoms in total. The number of benzene rings is 2. The summed E-state index contributed by atoms with van der Waals surface area (Å²) in [5, 5.41) is 11.2. The normalized spacial score (nSPS) is 14.3. The van der Waals surface area contributed by atoms with Crippen molar-refractivity contribution in [3.05, 3.63) is 54.6 Å². The van der Waals surface area contributed by atoms with Gasteiger partial charge in [0, 0.05) is 50.1 Å². The van der Waals surface area contributed by atoms with E-state index in [1.54, 1.807) is 7.11 Å². The Bertz CT molecular complexity index is 986. The standard InChI is InChI=1S/C23H24N4O.CH4/c1-28-20-9-7-18(8-10-20)22-17-19-5-2-3-6-21(19)23(25-22)27-15-13-26(14-16-27)12-4-11-24;/h2-3,5-10,17H,4,12-16H2,1H3;1H4. The van der Waals surface area contributed by atoms with Crippen LogP contribution in [0, 0.1) is 11.3 Å². The van der Waals surface area contributed by atoms with E-state index in [0.717, 1.165) is 55.5 Å². The Balaban J connectivity index is 0.00000240. The molecule has 4 rings (SSSR count). The van der Waals surface area contributed by atoms with Gasteiger partial charge in [-0.2, -0.15) is 5.26 Å². The minimum absolute atomic E-state index is 0. The van der Waals surface area contributed by atoms with Crippen LogP contribution in [-0.4, -0.2) is 49.7 Å². The highest BCUT2D eigenvalue weighted by atomic mass is 16.5. The van der Waals surface area contributed by atoms with E-state index in [0.29, 0.717) is 6.42 Å². The van der Waals surface area contributed by atoms with Gasteiger partial charge in [-0.15, -0.1) is 0 Å². The van der Waals surface area contributed by atoms with Crippen LogP contribution in [0.25, 0.3) is 22.0 Å². The Kier molecular flexibility index (Phi) is 6.69. The number of hydrogen-bond acceptors (Lipinski definition) is 5. The van der Waals surface area contributed by atoms with Gasteiger partial charge in [0.05, 0.1) is 18.9 Å². The summed E-state index contributed by atoms with van der Waals surface area (Å²) in [4.78, 5) is 9.78. The molecule has 1 aliphatic rings. The molecule has 3 aromatic rings. The Morgan fingerprint density at radius 3 is 2.45 bits per heavy atom. The number of ether oxygens (including phenoxy) is 1. The number of piperazine rings is 1. The van der Waals surface area contributed by atoms with Gasteiger partial charge in [-0.25, -0.2) is 4.98 Å². The van der Waals surface area contributed by atoms with Gasteiger partial charge in [0.15, 0.2) is 0 Å². The average Bonchev–Trinajstić information content (AvgIpc) is 2.77. The number of anilines is 1. The highest BCUT2D eigenvalue weighted by Crippen LogP contribution is 2.31. The van der Waals surface area contributed by atoms with E-state index < -0.39 is 0 Å². The first kappa shape index (κ1) is 20.6. The molecule has 2 heterocycles. The minimum atomic E-state index is 0. The summed E-state index contributed by atoms with van der Waals surface area (Å²) >= 11 is 0. The summed E-state index contributed by atoms with van der Waals surface area (Å²) in [6.45, 7) is 4.63. The van der Waals surface area contributed by atoms with Gasteiger partial charge < -0.3 is 9.64 Å². The van der Waals surface area contributed by atoms with Crippen LogP contribution >= 0.6 is 0 Å². The van der Waals surface area contributed by atoms with Gasteiger partial charge in [-0.3, -0.25) is 4.90 Å². The number of nitrogens with zero attached hydrogens (tertiary/aromatic N) is 4. The maximum Gasteiger partial charge on any atom is 0.137 e. The highest BCUT2D eigenvalue weighted by Gasteiger charge is 2.20. The molecule has 150 valence electrons. The van der Waals surface area contributed by atoms with Crippen LogP contribution in [0.2, 0.25) is 0 Å². The average molecular weight is 389 g/mol. The number of fused-ring (bicyclic) bond motifs is 1. The molecule has 1 aliphatic heterocycles. The third-order valence-electron chi connectivity index (χ3n) is 5.32. The van der Waals surface area contributed by atoms with Crippen LogP contribution in [0.4, 0.5) is 5.82 Å². The second-order valence-corrected chi connectivity index (χ2v) is 7.02. The molecule has 5 heteroatoms. The molecule has 0 amide bonds. The van der Waals surface area contributed by atoms with Gasteiger partial charge in [-0.05, 0) is 35.7 Å². The van der Waals surface area contributed by atoms with Crippen molar-refractivity contribution in [2.24, 2.45) is 0 Å². The van der Waals surface area contributed by atoms with Gasteiger partial charge >= 0.3 is 0 Å². The van der Waals surface area contributed by atoms with Crippen LogP contribution < -0.4 is 9.64 Å². The zero-order valence-electron chi connectivity index (χ0n) is 16.1. The monoisotopic (exact) mass is 388 g/mol. The second kappa shape index (κ2) is 9.40. The van der Waals surface area contributed by atoms with Crippen molar-refractivity contribution in [3.8, 4) is 23.1 Å². The number of aromatic nitrogens is 1. The van der Waals surface area contributed by atoms with Crippen LogP contribution in [0.1, 0.15) is 13.8 Å². The van der Waals surface area contributed by atoms with Gasteiger partial charge in [-0.1, -0.05) is 31.7 Å². The zero-order valence-corrected chi connectivity index (χ0v) is 16.1. The molecule has 29 heavy (non-hydrogen) atoms. The second-order valence-electron chi connectivity index (χ2n) is 7.02. The molecular formula is C24H28N4O. The molecule has 0 saturated carbocycles. The molecule has 1 saturated heterocycles. The lowest BCUT2D eigenvalue weighted by Crippen LogP contribution is -2.47. The van der Waals surface area contributed by atoms with Crippen molar-refractivity contribution >= 4 is 16.6 Å². The van der Waals surface area contributed by atoms with E-state index in [4.69, 9.17) is 15.0 Å². The van der Waals surface area contributed by atoms with Gasteiger partial charge in [0.1, 0.15) is 11.6 Å². The molecule has 0 radical (unpaired) electrons. The predicted octanol–water partition coefficient (Wildman–Crippen LogP) is 4.58. The zero-order chi connectivity index (χ0) is 19.3. The Morgan fingerprint density at radius 1 is 1.03 bits per heavy atom. The molecule has 2 aromatic carbocycles. The summed E-state index contributed by atoms with van der Waals surface area (Å²) < 4.78 is 5.28. The largest absolute Gasteiger partial charge is 0.497 e. The predicted molar refractivity (Wildman–Crippen MR) is 119 cm³/mol. The van der Waals surface area contributed by atoms with Crippen molar-refractivity contribution < 1.29 is 4.74 Å². The summed E-state index contributed by atoms with van der Waals surface area (Å²) in [6.07, 6.45) is 0.591. The van der Waals surface area contributed by atoms with Crippen LogP contribution in [0.5, 0.6) is 5.75 Å². The van der Waals surface area contributed by atoms with Crippen LogP contribution in [0.3, 0.4) is 0 Å². The molecule has 1 fully saturated rings. The van der Waals surface area contributed by atoms with E-state index in [1.165, 1.54) is 10.8 Å². The smallest absolute Gasteiger partial charge is 0.137 e. The fourth-order valence-electron chi connectivity index (χ4n) is 3.72. The van der Waals surface area contributed by atoms with Crippen LogP contribution in [0.15, 0.2) is 54.6 Å². The molecule has 0 N–H and O–H groups in total. The first-order valence-electron chi connectivity index (χ1n) is 9.67. The lowest BCUT2D eigenvalue weighted by molar-refractivity contribution is 0.263. The SMILES string of the molecule is C.COc1ccc(-c2cc3ccccc3c(N3CCN(CCC#N)CC3)n2)cc1. The Labute approximate surface area is 173 Å². The molecule has 1 aromatic heterocycles. The lowest BCUT2D eigenvalue weighted by Gasteiger charge is -2.35. The Hall–Kier alpha value is -3.10. The van der Waals surface area contributed by atoms with Gasteiger partial charge in [0.2, 0.25) is 0 Å². The first-order valence-corrected chi connectivity index (χ1v) is 9.67. The van der Waals surface area contributed by atoms with Crippen molar-refractivity contribution in [1.82, 2.24) is 9.88 Å². The van der Waals surface area contributed by atoms with E-state index in [2.05, 4.69) is 58.3 Å². The number of pyridine rings is 1. The molecule has 0 atom stereocenters. The van der Waals surface area contributed by atoms with Crippen LogP contribution in [-0.2, 0) is 0 Å². The third-order valence-corrected chi connectivity index (χ3v) is 5.32. The molecular weight excluding hydrogens is 360 g/mol. The molecule has 0 aliphatic carbocycles. The summed E-state index contributed by atoms with van der Waals surface area (Å²) in [7, 11) is 1.68. The van der Waals surface area contributed by atoms with E-state index in [9.17, 15) is 0 Å². The maximum absolute atomic E-state index is 8.81. The Morgan fingerprint density at radius 2 is 1.76 bits per heavy atom. The number of rotatable bonds is 5. The van der Waals surface area contributed by atoms with Crippen molar-refractivity contribution in [3.63, 3.8) is 0 Å². The van der Waals surface area contributed by atoms with Crippen molar-refractivity contribution in [2.75, 3.05) is 44.7 Å². The van der Waals surface area contributed by atoms with E-state index >= 15 is 0 Å². The third kappa shape index (κ3) is 4.49. The topological polar surface area (TPSA) is 52.4 Å². The highest BCUT2D eigenvalue weighted by molar-refractivity contribution is 5.95. The quantitative estimate of drug-likeness (QED) is 0.640. The number of nitriles is 1. The molecule has 0 bridgehead atoms. The summed E-state index contributed by atoms with van der Waals surface area (Å²) in [5.41, 5.74) is 2.06. The first-order chi connectivity index (χ1) is 13.8. The maximum atomic E-state index is 8.81. The lowest BCUT2D eigenvalue weighted by atomic mass is 10.1. The summed E-state index contributed by atoms with van der Waals surface area (Å²) in [5.74, 6) is 1.89. The molecule has 0 spiro atoms. The van der Waals surface area contributed by atoms with Gasteiger partial charge in [0.25, 0.3) is 0 Å². The number of hydrogen-bond donors (Lipinski definition) is 0. The summed E-state index contributed by atoms with van der Waals surface area (Å²) in [6, 6.07) is 20.9.